The Kier molecular flexibility index (Phi) is 7.25. The molecule has 1 aliphatic rings. The molecule has 33 heavy (non-hydrogen) atoms. The smallest absolute Gasteiger partial charge is 0.250 e. The predicted octanol–water partition coefficient (Wildman–Crippen LogP) is 5.58. The van der Waals surface area contributed by atoms with E-state index in [0.717, 1.165) is 54.7 Å². The molecule has 1 fully saturated rings. The van der Waals surface area contributed by atoms with Gasteiger partial charge in [0.1, 0.15) is 5.75 Å². The summed E-state index contributed by atoms with van der Waals surface area (Å²) in [7, 11) is -1.67. The van der Waals surface area contributed by atoms with E-state index in [4.69, 9.17) is 4.74 Å². The summed E-state index contributed by atoms with van der Waals surface area (Å²) < 4.78 is 30.8. The highest BCUT2D eigenvalue weighted by atomic mass is 32.2. The van der Waals surface area contributed by atoms with Crippen molar-refractivity contribution in [3.8, 4) is 17.0 Å². The maximum Gasteiger partial charge on any atom is 0.250 e. The third-order valence-electron chi connectivity index (χ3n) is 5.75. The highest BCUT2D eigenvalue weighted by Gasteiger charge is 2.28. The van der Waals surface area contributed by atoms with Crippen LogP contribution < -0.4 is 10.1 Å². The molecule has 1 aliphatic carbocycles. The van der Waals surface area contributed by atoms with Gasteiger partial charge in [-0.05, 0) is 60.9 Å². The molecular formula is C25H26N2O4S2. The fourth-order valence-electron chi connectivity index (χ4n) is 3.88. The van der Waals surface area contributed by atoms with Crippen LogP contribution in [0.4, 0.5) is 5.13 Å². The number of hydrogen-bond acceptors (Lipinski definition) is 6. The normalized spacial score (nSPS) is 14.9. The van der Waals surface area contributed by atoms with Gasteiger partial charge in [0.25, 0.3) is 0 Å². The molecular weight excluding hydrogens is 456 g/mol. The van der Waals surface area contributed by atoms with Crippen molar-refractivity contribution in [1.82, 2.24) is 4.98 Å². The summed E-state index contributed by atoms with van der Waals surface area (Å²) in [4.78, 5) is 17.1. The second kappa shape index (κ2) is 10.3. The first-order valence-corrected chi connectivity index (χ1v) is 13.3. The third-order valence-corrected chi connectivity index (χ3v) is 8.78. The summed E-state index contributed by atoms with van der Waals surface area (Å²) in [6.07, 6.45) is 7.61. The number of carbonyl (C=O) groups is 1. The van der Waals surface area contributed by atoms with Crippen molar-refractivity contribution in [2.75, 3.05) is 12.4 Å². The predicted molar refractivity (Wildman–Crippen MR) is 132 cm³/mol. The number of sulfone groups is 1. The molecule has 172 valence electrons. The Balaban J connectivity index is 1.36. The maximum absolute atomic E-state index is 12.8. The van der Waals surface area contributed by atoms with Crippen molar-refractivity contribution in [2.24, 2.45) is 0 Å². The minimum absolute atomic E-state index is 0.278. The molecule has 1 heterocycles. The first-order valence-electron chi connectivity index (χ1n) is 10.9. The molecule has 1 saturated carbocycles. The fraction of sp³-hybridized carbons (Fsp3) is 0.280. The van der Waals surface area contributed by atoms with Crippen molar-refractivity contribution in [3.05, 3.63) is 65.6 Å². The monoisotopic (exact) mass is 482 g/mol. The zero-order valence-electron chi connectivity index (χ0n) is 18.4. The maximum atomic E-state index is 12.8. The summed E-state index contributed by atoms with van der Waals surface area (Å²) in [6.45, 7) is 0. The molecule has 1 N–H and O–H groups in total. The number of carbonyl (C=O) groups excluding carboxylic acids is 1. The molecule has 0 radical (unpaired) electrons. The number of hydrogen-bond donors (Lipinski definition) is 1. The molecule has 4 rings (SSSR count). The Morgan fingerprint density at radius 1 is 1.06 bits per heavy atom. The van der Waals surface area contributed by atoms with E-state index in [1.54, 1.807) is 37.5 Å². The molecule has 0 aliphatic heterocycles. The molecule has 0 atom stereocenters. The largest absolute Gasteiger partial charge is 0.497 e. The van der Waals surface area contributed by atoms with Gasteiger partial charge in [0.05, 0.1) is 22.9 Å². The summed E-state index contributed by atoms with van der Waals surface area (Å²) in [5, 5.41) is 4.87. The summed E-state index contributed by atoms with van der Waals surface area (Å²) in [5.74, 6) is 0.469. The van der Waals surface area contributed by atoms with Crippen LogP contribution in [-0.2, 0) is 14.6 Å². The van der Waals surface area contributed by atoms with Crippen molar-refractivity contribution in [1.29, 1.82) is 0 Å². The number of benzene rings is 2. The van der Waals surface area contributed by atoms with E-state index < -0.39 is 9.84 Å². The lowest BCUT2D eigenvalue weighted by Gasteiger charge is -2.21. The van der Waals surface area contributed by atoms with E-state index in [9.17, 15) is 13.2 Å². The molecule has 2 aromatic carbocycles. The van der Waals surface area contributed by atoms with Gasteiger partial charge in [-0.3, -0.25) is 10.1 Å². The van der Waals surface area contributed by atoms with Crippen LogP contribution in [0.3, 0.4) is 0 Å². The average molecular weight is 483 g/mol. The van der Waals surface area contributed by atoms with Crippen molar-refractivity contribution in [2.45, 2.75) is 42.2 Å². The number of ether oxygens (including phenoxy) is 1. The van der Waals surface area contributed by atoms with Crippen molar-refractivity contribution in [3.63, 3.8) is 0 Å². The topological polar surface area (TPSA) is 85.4 Å². The highest BCUT2D eigenvalue weighted by molar-refractivity contribution is 7.92. The van der Waals surface area contributed by atoms with Gasteiger partial charge in [-0.1, -0.05) is 31.4 Å². The minimum atomic E-state index is -3.29. The van der Waals surface area contributed by atoms with Crippen molar-refractivity contribution < 1.29 is 17.9 Å². The number of methoxy groups -OCH3 is 1. The molecule has 0 unspecified atom stereocenters. The van der Waals surface area contributed by atoms with Crippen LogP contribution >= 0.6 is 11.3 Å². The Labute approximate surface area is 198 Å². The molecule has 0 saturated heterocycles. The van der Waals surface area contributed by atoms with Crippen molar-refractivity contribution >= 4 is 38.3 Å². The van der Waals surface area contributed by atoms with Crippen LogP contribution in [0.15, 0.2) is 64.9 Å². The van der Waals surface area contributed by atoms with Crippen LogP contribution in [-0.4, -0.2) is 31.7 Å². The van der Waals surface area contributed by atoms with Gasteiger partial charge in [-0.15, -0.1) is 11.3 Å². The van der Waals surface area contributed by atoms with E-state index in [2.05, 4.69) is 10.3 Å². The highest BCUT2D eigenvalue weighted by Crippen LogP contribution is 2.29. The standard InChI is InChI=1S/C25H26N2O4S2/c1-31-20-12-10-19(11-13-20)23-17-32-25(26-23)27-24(28)16-9-18-7-14-22(15-8-18)33(29,30)21-5-3-2-4-6-21/h7-17,21H,2-6H2,1H3,(H,26,27,28)/b16-9-. The first-order chi connectivity index (χ1) is 16.0. The lowest BCUT2D eigenvalue weighted by molar-refractivity contribution is -0.111. The van der Waals surface area contributed by atoms with E-state index in [1.165, 1.54) is 17.4 Å². The Bertz CT molecular complexity index is 1220. The first kappa shape index (κ1) is 23.2. The van der Waals surface area contributed by atoms with E-state index in [-0.39, 0.29) is 11.2 Å². The third kappa shape index (κ3) is 5.69. The minimum Gasteiger partial charge on any atom is -0.497 e. The second-order valence-corrected chi connectivity index (χ2v) is 11.0. The van der Waals surface area contributed by atoms with Gasteiger partial charge < -0.3 is 4.74 Å². The number of amides is 1. The van der Waals surface area contributed by atoms with Gasteiger partial charge in [0.15, 0.2) is 15.0 Å². The van der Waals surface area contributed by atoms with Gasteiger partial charge in [-0.25, -0.2) is 13.4 Å². The van der Waals surface area contributed by atoms with E-state index in [1.807, 2.05) is 29.6 Å². The van der Waals surface area contributed by atoms with Gasteiger partial charge >= 0.3 is 0 Å². The van der Waals surface area contributed by atoms with Crippen LogP contribution in [0.25, 0.3) is 17.3 Å². The number of thiazole rings is 1. The molecule has 8 heteroatoms. The lowest BCUT2D eigenvalue weighted by atomic mass is 10.0. The lowest BCUT2D eigenvalue weighted by Crippen LogP contribution is -2.24. The van der Waals surface area contributed by atoms with Gasteiger partial charge in [-0.2, -0.15) is 0 Å². The Morgan fingerprint density at radius 2 is 1.76 bits per heavy atom. The second-order valence-electron chi connectivity index (χ2n) is 7.96. The molecule has 0 spiro atoms. The molecule has 6 nitrogen and oxygen atoms in total. The van der Waals surface area contributed by atoms with Crippen LogP contribution in [0, 0.1) is 0 Å². The fourth-order valence-corrected chi connectivity index (χ4v) is 6.46. The van der Waals surface area contributed by atoms with Gasteiger partial charge in [0.2, 0.25) is 5.91 Å². The van der Waals surface area contributed by atoms with Gasteiger partial charge in [0, 0.05) is 17.0 Å². The van der Waals surface area contributed by atoms with E-state index >= 15 is 0 Å². The average Bonchev–Trinajstić information content (AvgIpc) is 3.32. The molecule has 1 amide bonds. The van der Waals surface area contributed by atoms with Crippen LogP contribution in [0.5, 0.6) is 5.75 Å². The van der Waals surface area contributed by atoms with Crippen LogP contribution in [0.2, 0.25) is 0 Å². The number of nitrogens with one attached hydrogen (secondary N) is 1. The quantitative estimate of drug-likeness (QED) is 0.445. The molecule has 3 aromatic rings. The Hall–Kier alpha value is -2.97. The number of anilines is 1. The summed E-state index contributed by atoms with van der Waals surface area (Å²) >= 11 is 1.35. The zero-order chi connectivity index (χ0) is 23.3. The SMILES string of the molecule is COc1ccc(-c2csc(NC(=O)/C=C\c3ccc(S(=O)(=O)C4CCCCC4)cc3)n2)cc1. The number of rotatable bonds is 7. The molecule has 1 aromatic heterocycles. The molecule has 0 bridgehead atoms. The number of aromatic nitrogens is 1. The van der Waals surface area contributed by atoms with E-state index in [0.29, 0.717) is 10.0 Å². The summed E-state index contributed by atoms with van der Waals surface area (Å²) in [6, 6.07) is 14.3. The summed E-state index contributed by atoms with van der Waals surface area (Å²) in [5.41, 5.74) is 2.47. The zero-order valence-corrected chi connectivity index (χ0v) is 20.0. The number of nitrogens with zero attached hydrogens (tertiary/aromatic N) is 1. The Morgan fingerprint density at radius 3 is 2.42 bits per heavy atom. The van der Waals surface area contributed by atoms with Crippen LogP contribution in [0.1, 0.15) is 37.7 Å².